The third-order valence-corrected chi connectivity index (χ3v) is 4.58. The van der Waals surface area contributed by atoms with E-state index in [9.17, 15) is 0 Å². The largest absolute Gasteiger partial charge is 0.312 e. The predicted molar refractivity (Wildman–Crippen MR) is 91.5 cm³/mol. The number of rotatable bonds is 7. The Hall–Kier alpha value is -0.860. The molecule has 0 amide bonds. The molecule has 1 heterocycles. The van der Waals surface area contributed by atoms with Gasteiger partial charge >= 0.3 is 0 Å². The van der Waals surface area contributed by atoms with Crippen LogP contribution in [0.3, 0.4) is 0 Å². The highest BCUT2D eigenvalue weighted by atomic mass is 15.1. The van der Waals surface area contributed by atoms with Gasteiger partial charge in [0.1, 0.15) is 0 Å². The Kier molecular flexibility index (Phi) is 6.72. The predicted octanol–water partition coefficient (Wildman–Crippen LogP) is 3.71. The van der Waals surface area contributed by atoms with Crippen LogP contribution in [0, 0.1) is 11.8 Å². The number of piperidine rings is 1. The topological polar surface area (TPSA) is 15.3 Å². The summed E-state index contributed by atoms with van der Waals surface area (Å²) in [5.41, 5.74) is 2.87. The third-order valence-electron chi connectivity index (χ3n) is 4.58. The van der Waals surface area contributed by atoms with Crippen molar-refractivity contribution in [3.05, 3.63) is 35.4 Å². The van der Waals surface area contributed by atoms with E-state index in [2.05, 4.69) is 55.3 Å². The Morgan fingerprint density at radius 1 is 1.10 bits per heavy atom. The lowest BCUT2D eigenvalue weighted by Gasteiger charge is -2.31. The number of nitrogens with zero attached hydrogens (tertiary/aromatic N) is 1. The van der Waals surface area contributed by atoms with Crippen LogP contribution < -0.4 is 5.32 Å². The highest BCUT2D eigenvalue weighted by molar-refractivity contribution is 5.22. The van der Waals surface area contributed by atoms with Crippen molar-refractivity contribution >= 4 is 0 Å². The molecule has 1 aliphatic heterocycles. The molecule has 0 atom stereocenters. The SMILES string of the molecule is CCN1CCC(CNCc2ccc(CC(C)C)cc2)CC1. The van der Waals surface area contributed by atoms with E-state index in [4.69, 9.17) is 0 Å². The molecule has 0 aliphatic carbocycles. The highest BCUT2D eigenvalue weighted by Gasteiger charge is 2.17. The van der Waals surface area contributed by atoms with Gasteiger partial charge in [-0.05, 0) is 68.4 Å². The molecule has 118 valence electrons. The average Bonchev–Trinajstić information content (AvgIpc) is 2.49. The van der Waals surface area contributed by atoms with Crippen LogP contribution in [0.25, 0.3) is 0 Å². The van der Waals surface area contributed by atoms with E-state index in [0.717, 1.165) is 18.4 Å². The van der Waals surface area contributed by atoms with Gasteiger partial charge in [-0.2, -0.15) is 0 Å². The Morgan fingerprint density at radius 3 is 2.29 bits per heavy atom. The Morgan fingerprint density at radius 2 is 1.71 bits per heavy atom. The zero-order valence-corrected chi connectivity index (χ0v) is 14.1. The molecule has 1 saturated heterocycles. The molecule has 0 radical (unpaired) electrons. The van der Waals surface area contributed by atoms with Crippen LogP contribution in [0.5, 0.6) is 0 Å². The number of hydrogen-bond acceptors (Lipinski definition) is 2. The quantitative estimate of drug-likeness (QED) is 0.823. The van der Waals surface area contributed by atoms with Gasteiger partial charge in [-0.25, -0.2) is 0 Å². The number of nitrogens with one attached hydrogen (secondary N) is 1. The molecule has 2 heteroatoms. The van der Waals surface area contributed by atoms with E-state index in [-0.39, 0.29) is 0 Å². The summed E-state index contributed by atoms with van der Waals surface area (Å²) in [6.07, 6.45) is 3.89. The van der Waals surface area contributed by atoms with Gasteiger partial charge in [0.2, 0.25) is 0 Å². The Balaban J connectivity index is 1.67. The van der Waals surface area contributed by atoms with Crippen molar-refractivity contribution in [3.63, 3.8) is 0 Å². The molecule has 1 N–H and O–H groups in total. The number of benzene rings is 1. The lowest BCUT2D eigenvalue weighted by Crippen LogP contribution is -2.36. The Labute approximate surface area is 130 Å². The lowest BCUT2D eigenvalue weighted by atomic mass is 9.96. The van der Waals surface area contributed by atoms with Gasteiger partial charge in [-0.15, -0.1) is 0 Å². The maximum Gasteiger partial charge on any atom is 0.0205 e. The molecule has 0 spiro atoms. The maximum atomic E-state index is 3.65. The summed E-state index contributed by atoms with van der Waals surface area (Å²) in [4.78, 5) is 2.56. The Bertz CT molecular complexity index is 389. The van der Waals surface area contributed by atoms with Gasteiger partial charge < -0.3 is 10.2 Å². The van der Waals surface area contributed by atoms with Crippen LogP contribution in [-0.2, 0) is 13.0 Å². The van der Waals surface area contributed by atoms with Crippen molar-refractivity contribution in [1.29, 1.82) is 0 Å². The first kappa shape index (κ1) is 16.5. The van der Waals surface area contributed by atoms with Crippen LogP contribution in [0.15, 0.2) is 24.3 Å². The smallest absolute Gasteiger partial charge is 0.0205 e. The molecule has 2 nitrogen and oxygen atoms in total. The molecule has 1 aliphatic rings. The molecule has 0 saturated carbocycles. The highest BCUT2D eigenvalue weighted by Crippen LogP contribution is 2.16. The first-order valence-electron chi connectivity index (χ1n) is 8.68. The van der Waals surface area contributed by atoms with E-state index in [1.807, 2.05) is 0 Å². The molecular weight excluding hydrogens is 256 g/mol. The summed E-state index contributed by atoms with van der Waals surface area (Å²) >= 11 is 0. The number of hydrogen-bond donors (Lipinski definition) is 1. The van der Waals surface area contributed by atoms with E-state index in [1.54, 1.807) is 0 Å². The zero-order valence-electron chi connectivity index (χ0n) is 14.1. The fourth-order valence-electron chi connectivity index (χ4n) is 3.19. The first-order chi connectivity index (χ1) is 10.2. The van der Waals surface area contributed by atoms with Crippen molar-refractivity contribution in [2.75, 3.05) is 26.2 Å². The second kappa shape index (κ2) is 8.55. The fraction of sp³-hybridized carbons (Fsp3) is 0.684. The summed E-state index contributed by atoms with van der Waals surface area (Å²) in [6, 6.07) is 9.14. The van der Waals surface area contributed by atoms with E-state index < -0.39 is 0 Å². The molecule has 0 unspecified atom stereocenters. The van der Waals surface area contributed by atoms with Crippen molar-refractivity contribution < 1.29 is 0 Å². The molecule has 1 aromatic rings. The van der Waals surface area contributed by atoms with Gasteiger partial charge in [0.25, 0.3) is 0 Å². The summed E-state index contributed by atoms with van der Waals surface area (Å²) in [5, 5.41) is 3.65. The first-order valence-corrected chi connectivity index (χ1v) is 8.68. The van der Waals surface area contributed by atoms with Gasteiger partial charge in [0.15, 0.2) is 0 Å². The molecule has 0 aromatic heterocycles. The molecule has 1 fully saturated rings. The normalized spacial score (nSPS) is 17.5. The van der Waals surface area contributed by atoms with Gasteiger partial charge in [-0.3, -0.25) is 0 Å². The average molecular weight is 288 g/mol. The van der Waals surface area contributed by atoms with Gasteiger partial charge in [0.05, 0.1) is 0 Å². The number of likely N-dealkylation sites (tertiary alicyclic amines) is 1. The summed E-state index contributed by atoms with van der Waals surface area (Å²) in [5.74, 6) is 1.61. The van der Waals surface area contributed by atoms with Crippen LogP contribution in [0.1, 0.15) is 44.7 Å². The van der Waals surface area contributed by atoms with E-state index >= 15 is 0 Å². The van der Waals surface area contributed by atoms with Crippen molar-refractivity contribution in [2.45, 2.75) is 46.6 Å². The molecule has 1 aromatic carbocycles. The maximum absolute atomic E-state index is 3.65. The second-order valence-corrected chi connectivity index (χ2v) is 6.92. The minimum atomic E-state index is 0.739. The minimum absolute atomic E-state index is 0.739. The van der Waals surface area contributed by atoms with E-state index in [0.29, 0.717) is 0 Å². The van der Waals surface area contributed by atoms with E-state index in [1.165, 1.54) is 56.6 Å². The standard InChI is InChI=1S/C19H32N2/c1-4-21-11-9-19(10-12-21)15-20-14-18-7-5-17(6-8-18)13-16(2)3/h5-8,16,19-20H,4,9-15H2,1-3H3. The minimum Gasteiger partial charge on any atom is -0.312 e. The van der Waals surface area contributed by atoms with Crippen LogP contribution in [-0.4, -0.2) is 31.1 Å². The third kappa shape index (κ3) is 5.80. The van der Waals surface area contributed by atoms with Crippen LogP contribution in [0.2, 0.25) is 0 Å². The fourth-order valence-corrected chi connectivity index (χ4v) is 3.19. The molecule has 2 rings (SSSR count). The summed E-state index contributed by atoms with van der Waals surface area (Å²) in [7, 11) is 0. The van der Waals surface area contributed by atoms with Crippen LogP contribution in [0.4, 0.5) is 0 Å². The van der Waals surface area contributed by atoms with Crippen LogP contribution >= 0.6 is 0 Å². The molecule has 21 heavy (non-hydrogen) atoms. The molecule has 0 bridgehead atoms. The summed E-state index contributed by atoms with van der Waals surface area (Å²) < 4.78 is 0. The van der Waals surface area contributed by atoms with Crippen molar-refractivity contribution in [1.82, 2.24) is 10.2 Å². The summed E-state index contributed by atoms with van der Waals surface area (Å²) in [6.45, 7) is 12.8. The molecular formula is C19H32N2. The van der Waals surface area contributed by atoms with Crippen molar-refractivity contribution in [3.8, 4) is 0 Å². The van der Waals surface area contributed by atoms with Gasteiger partial charge in [0, 0.05) is 6.54 Å². The lowest BCUT2D eigenvalue weighted by molar-refractivity contribution is 0.190. The zero-order chi connectivity index (χ0) is 15.1. The second-order valence-electron chi connectivity index (χ2n) is 6.92. The monoisotopic (exact) mass is 288 g/mol. The van der Waals surface area contributed by atoms with Gasteiger partial charge in [-0.1, -0.05) is 45.0 Å². The van der Waals surface area contributed by atoms with Crippen molar-refractivity contribution in [2.24, 2.45) is 11.8 Å².